The van der Waals surface area contributed by atoms with E-state index in [4.69, 9.17) is 9.47 Å². The van der Waals surface area contributed by atoms with Crippen LogP contribution in [0.1, 0.15) is 24.9 Å². The molecule has 3 heterocycles. The Balaban J connectivity index is 1.35. The van der Waals surface area contributed by atoms with Crippen molar-refractivity contribution in [2.75, 3.05) is 18.7 Å². The summed E-state index contributed by atoms with van der Waals surface area (Å²) < 4.78 is 11.0. The van der Waals surface area contributed by atoms with Crippen LogP contribution in [0.5, 0.6) is 11.5 Å². The molecule has 7 nitrogen and oxygen atoms in total. The van der Waals surface area contributed by atoms with Crippen molar-refractivity contribution in [1.29, 1.82) is 0 Å². The summed E-state index contributed by atoms with van der Waals surface area (Å²) in [4.78, 5) is 20.2. The Morgan fingerprint density at radius 1 is 1.09 bits per heavy atom. The van der Waals surface area contributed by atoms with E-state index in [1.54, 1.807) is 0 Å². The van der Waals surface area contributed by atoms with Gasteiger partial charge in [-0.1, -0.05) is 42.5 Å². The molecule has 3 aromatic carbocycles. The number of benzene rings is 3. The van der Waals surface area contributed by atoms with Crippen LogP contribution < -0.4 is 14.8 Å². The fourth-order valence-electron chi connectivity index (χ4n) is 4.92. The molecule has 0 aliphatic carbocycles. The molecular weight excluding hydrogens is 418 g/mol. The average Bonchev–Trinajstić information content (AvgIpc) is 3.45. The Hall–Kier alpha value is -4.00. The zero-order chi connectivity index (χ0) is 22.5. The third-order valence-corrected chi connectivity index (χ3v) is 6.51. The van der Waals surface area contributed by atoms with Gasteiger partial charge in [0.05, 0.1) is 12.6 Å². The number of ether oxygens (including phenoxy) is 2. The normalized spacial score (nSPS) is 21.2. The number of aliphatic imine (C=N–C) groups is 1. The highest BCUT2D eigenvalue weighted by atomic mass is 16.7. The predicted octanol–water partition coefficient (Wildman–Crippen LogP) is 4.57. The number of amides is 1. The number of hydrogen-bond acceptors (Lipinski definition) is 6. The minimum Gasteiger partial charge on any atom is -0.511 e. The molecule has 2 atom stereocenters. The van der Waals surface area contributed by atoms with Crippen molar-refractivity contribution in [2.24, 2.45) is 4.99 Å². The lowest BCUT2D eigenvalue weighted by atomic mass is 9.92. The molecule has 0 radical (unpaired) electrons. The highest BCUT2D eigenvalue weighted by Gasteiger charge is 2.42. The van der Waals surface area contributed by atoms with E-state index in [0.717, 1.165) is 16.3 Å². The van der Waals surface area contributed by atoms with Crippen LogP contribution in [0, 0.1) is 0 Å². The summed E-state index contributed by atoms with van der Waals surface area (Å²) in [7, 11) is 0. The smallest absolute Gasteiger partial charge is 0.262 e. The Morgan fingerprint density at radius 3 is 2.82 bits per heavy atom. The van der Waals surface area contributed by atoms with Crippen molar-refractivity contribution in [2.45, 2.75) is 25.4 Å². The van der Waals surface area contributed by atoms with Gasteiger partial charge in [-0.2, -0.15) is 0 Å². The van der Waals surface area contributed by atoms with Gasteiger partial charge >= 0.3 is 0 Å². The van der Waals surface area contributed by atoms with E-state index < -0.39 is 0 Å². The van der Waals surface area contributed by atoms with Crippen molar-refractivity contribution in [1.82, 2.24) is 4.90 Å². The van der Waals surface area contributed by atoms with Crippen molar-refractivity contribution in [3.63, 3.8) is 0 Å². The standard InChI is InChI=1S/C26H23N3O4/c1-15-13-27-25-24(26(31)28-19-8-4-6-16-5-2-3-7-18(16)19)21(30)12-20(29(15)25)17-9-10-22-23(11-17)33-14-32-22/h2-11,15,20,30H,12-14H2,1H3,(H,28,31)/t15-,20-/m1/s1. The zero-order valence-electron chi connectivity index (χ0n) is 18.1. The predicted molar refractivity (Wildman–Crippen MR) is 126 cm³/mol. The lowest BCUT2D eigenvalue weighted by Gasteiger charge is -2.38. The molecule has 1 amide bonds. The number of fused-ring (bicyclic) bond motifs is 3. The second-order valence-electron chi connectivity index (χ2n) is 8.56. The topological polar surface area (TPSA) is 83.4 Å². The molecule has 0 aromatic heterocycles. The summed E-state index contributed by atoms with van der Waals surface area (Å²) in [5.41, 5.74) is 1.93. The molecule has 7 heteroatoms. The number of hydrogen-bond donors (Lipinski definition) is 2. The number of nitrogens with one attached hydrogen (secondary N) is 1. The molecule has 2 N–H and O–H groups in total. The first-order valence-electron chi connectivity index (χ1n) is 11.0. The van der Waals surface area contributed by atoms with E-state index in [1.165, 1.54) is 0 Å². The van der Waals surface area contributed by atoms with E-state index >= 15 is 0 Å². The molecule has 0 bridgehead atoms. The van der Waals surface area contributed by atoms with E-state index in [2.05, 4.69) is 22.1 Å². The third kappa shape index (κ3) is 3.19. The maximum absolute atomic E-state index is 13.4. The van der Waals surface area contributed by atoms with Gasteiger partial charge in [-0.3, -0.25) is 9.79 Å². The molecule has 0 saturated carbocycles. The van der Waals surface area contributed by atoms with Crippen LogP contribution in [0.4, 0.5) is 5.69 Å². The van der Waals surface area contributed by atoms with Crippen molar-refractivity contribution >= 4 is 28.2 Å². The van der Waals surface area contributed by atoms with Crippen molar-refractivity contribution in [3.05, 3.63) is 77.6 Å². The maximum Gasteiger partial charge on any atom is 0.262 e. The molecule has 166 valence electrons. The van der Waals surface area contributed by atoms with Gasteiger partial charge in [0.1, 0.15) is 17.2 Å². The largest absolute Gasteiger partial charge is 0.511 e. The minimum absolute atomic E-state index is 0.0412. The first-order chi connectivity index (χ1) is 16.1. The summed E-state index contributed by atoms with van der Waals surface area (Å²) in [5.74, 6) is 1.63. The van der Waals surface area contributed by atoms with Crippen LogP contribution in [0.2, 0.25) is 0 Å². The summed E-state index contributed by atoms with van der Waals surface area (Å²) in [6, 6.07) is 19.4. The Kier molecular flexibility index (Phi) is 4.50. The second-order valence-corrected chi connectivity index (χ2v) is 8.56. The number of rotatable bonds is 3. The fourth-order valence-corrected chi connectivity index (χ4v) is 4.92. The van der Waals surface area contributed by atoms with E-state index in [0.29, 0.717) is 36.0 Å². The van der Waals surface area contributed by atoms with Gasteiger partial charge in [0.15, 0.2) is 11.5 Å². The summed E-state index contributed by atoms with van der Waals surface area (Å²) in [6.45, 7) is 2.85. The van der Waals surface area contributed by atoms with Gasteiger partial charge in [-0.25, -0.2) is 0 Å². The SMILES string of the molecule is C[C@@H]1CN=C2C(C(=O)Nc3cccc4ccccc34)=C(O)C[C@H](c3ccc4c(c3)OCO4)N21. The highest BCUT2D eigenvalue weighted by Crippen LogP contribution is 2.42. The fraction of sp³-hybridized carbons (Fsp3) is 0.231. The maximum atomic E-state index is 13.4. The Morgan fingerprint density at radius 2 is 1.91 bits per heavy atom. The number of nitrogens with zero attached hydrogens (tertiary/aromatic N) is 2. The molecule has 3 aromatic rings. The van der Waals surface area contributed by atoms with Crippen LogP contribution in [-0.2, 0) is 4.79 Å². The molecule has 6 rings (SSSR count). The zero-order valence-corrected chi connectivity index (χ0v) is 18.1. The quantitative estimate of drug-likeness (QED) is 0.622. The van der Waals surface area contributed by atoms with Gasteiger partial charge in [-0.15, -0.1) is 0 Å². The average molecular weight is 441 g/mol. The van der Waals surface area contributed by atoms with Crippen LogP contribution >= 0.6 is 0 Å². The number of carbonyl (C=O) groups excluding carboxylic acids is 1. The Bertz CT molecular complexity index is 1340. The van der Waals surface area contributed by atoms with Crippen molar-refractivity contribution < 1.29 is 19.4 Å². The van der Waals surface area contributed by atoms with Gasteiger partial charge in [-0.05, 0) is 36.1 Å². The molecule has 0 spiro atoms. The van der Waals surface area contributed by atoms with E-state index in [1.807, 2.05) is 60.7 Å². The monoisotopic (exact) mass is 441 g/mol. The summed E-state index contributed by atoms with van der Waals surface area (Å²) in [5, 5.41) is 16.0. The van der Waals surface area contributed by atoms with E-state index in [-0.39, 0.29) is 36.1 Å². The van der Waals surface area contributed by atoms with Crippen LogP contribution in [-0.4, -0.2) is 41.1 Å². The van der Waals surface area contributed by atoms with E-state index in [9.17, 15) is 9.90 Å². The molecule has 3 aliphatic heterocycles. The first-order valence-corrected chi connectivity index (χ1v) is 11.0. The number of aliphatic hydroxyl groups is 1. The lowest BCUT2D eigenvalue weighted by molar-refractivity contribution is -0.112. The van der Waals surface area contributed by atoms with Crippen LogP contribution in [0.3, 0.4) is 0 Å². The van der Waals surface area contributed by atoms with Crippen LogP contribution in [0.25, 0.3) is 10.8 Å². The van der Waals surface area contributed by atoms with Crippen molar-refractivity contribution in [3.8, 4) is 11.5 Å². The minimum atomic E-state index is -0.356. The highest BCUT2D eigenvalue weighted by molar-refractivity contribution is 6.26. The Labute approximate surface area is 191 Å². The van der Waals surface area contributed by atoms with Gasteiger partial charge in [0.25, 0.3) is 5.91 Å². The molecule has 0 fully saturated rings. The second kappa shape index (κ2) is 7.55. The number of carbonyl (C=O) groups is 1. The summed E-state index contributed by atoms with van der Waals surface area (Å²) >= 11 is 0. The molecule has 0 unspecified atom stereocenters. The lowest BCUT2D eigenvalue weighted by Crippen LogP contribution is -2.44. The number of amidine groups is 1. The van der Waals surface area contributed by atoms with Crippen LogP contribution in [0.15, 0.2) is 77.0 Å². The molecule has 33 heavy (non-hydrogen) atoms. The van der Waals surface area contributed by atoms with Gasteiger partial charge < -0.3 is 24.8 Å². The first kappa shape index (κ1) is 19.7. The number of anilines is 1. The molecular formula is C26H23N3O4. The molecule has 0 saturated heterocycles. The summed E-state index contributed by atoms with van der Waals surface area (Å²) in [6.07, 6.45) is 0.307. The molecule has 3 aliphatic rings. The van der Waals surface area contributed by atoms with Gasteiger partial charge in [0, 0.05) is 23.5 Å². The van der Waals surface area contributed by atoms with Gasteiger partial charge in [0.2, 0.25) is 6.79 Å². The number of aliphatic hydroxyl groups excluding tert-OH is 1. The third-order valence-electron chi connectivity index (χ3n) is 6.51.